The Hall–Kier alpha value is -1.11. The lowest BCUT2D eigenvalue weighted by molar-refractivity contribution is -0.325. The molecule has 0 aliphatic rings. The van der Waals surface area contributed by atoms with Crippen molar-refractivity contribution >= 4 is 5.91 Å². The summed E-state index contributed by atoms with van der Waals surface area (Å²) in [5, 5.41) is 15.7. The highest BCUT2D eigenvalue weighted by Gasteiger charge is 2.58. The van der Waals surface area contributed by atoms with Crippen molar-refractivity contribution in [2.45, 2.75) is 70.3 Å². The standard InChI is InChI=1S/C16H29F6N3O3/c1-9(2)12(25-10(3)26)7-24-11(5-4-6-23)13(27)8-28-14(15(17,18)19)16(20,21)22/h9,11-14,24,27H,4-8,23H2,1-3H3,(H,25,26)/t11-,12+,13?/m0/s1. The van der Waals surface area contributed by atoms with E-state index in [1.807, 2.05) is 13.8 Å². The van der Waals surface area contributed by atoms with Gasteiger partial charge in [0.1, 0.15) is 0 Å². The molecule has 0 aliphatic carbocycles. The van der Waals surface area contributed by atoms with Crippen LogP contribution in [0.1, 0.15) is 33.6 Å². The van der Waals surface area contributed by atoms with Crippen molar-refractivity contribution < 1.29 is 41.0 Å². The van der Waals surface area contributed by atoms with Crippen LogP contribution < -0.4 is 16.4 Å². The summed E-state index contributed by atoms with van der Waals surface area (Å²) in [5.74, 6) is -0.291. The summed E-state index contributed by atoms with van der Waals surface area (Å²) in [6.45, 7) is 4.18. The molecule has 3 atom stereocenters. The Kier molecular flexibility index (Phi) is 11.3. The topological polar surface area (TPSA) is 96.6 Å². The van der Waals surface area contributed by atoms with Gasteiger partial charge in [-0.1, -0.05) is 13.8 Å². The Morgan fingerprint density at radius 2 is 1.64 bits per heavy atom. The lowest BCUT2D eigenvalue weighted by Gasteiger charge is -2.30. The number of aliphatic hydroxyl groups is 1. The van der Waals surface area contributed by atoms with Gasteiger partial charge in [-0.2, -0.15) is 26.3 Å². The van der Waals surface area contributed by atoms with Crippen LogP contribution in [0.4, 0.5) is 26.3 Å². The van der Waals surface area contributed by atoms with Crippen molar-refractivity contribution in [3.8, 4) is 0 Å². The van der Waals surface area contributed by atoms with Crippen molar-refractivity contribution in [3.63, 3.8) is 0 Å². The minimum absolute atomic E-state index is 0.000194. The third-order valence-corrected chi connectivity index (χ3v) is 4.01. The summed E-state index contributed by atoms with van der Waals surface area (Å²) in [5.41, 5.74) is 5.39. The predicted octanol–water partition coefficient (Wildman–Crippen LogP) is 1.71. The van der Waals surface area contributed by atoms with Gasteiger partial charge >= 0.3 is 12.4 Å². The van der Waals surface area contributed by atoms with Gasteiger partial charge in [-0.25, -0.2) is 0 Å². The lowest BCUT2D eigenvalue weighted by atomic mass is 10.0. The van der Waals surface area contributed by atoms with E-state index in [9.17, 15) is 36.2 Å². The second-order valence-corrected chi connectivity index (χ2v) is 6.86. The molecule has 28 heavy (non-hydrogen) atoms. The number of aliphatic hydroxyl groups excluding tert-OH is 1. The van der Waals surface area contributed by atoms with Crippen LogP contribution in [0.2, 0.25) is 0 Å². The Labute approximate surface area is 160 Å². The Morgan fingerprint density at radius 3 is 2.04 bits per heavy atom. The Bertz CT molecular complexity index is 446. The van der Waals surface area contributed by atoms with Gasteiger partial charge in [0.25, 0.3) is 0 Å². The van der Waals surface area contributed by atoms with Gasteiger partial charge in [-0.05, 0) is 25.3 Å². The van der Waals surface area contributed by atoms with Crippen LogP contribution in [0.15, 0.2) is 0 Å². The monoisotopic (exact) mass is 425 g/mol. The molecule has 0 fully saturated rings. The van der Waals surface area contributed by atoms with Gasteiger partial charge in [-0.15, -0.1) is 0 Å². The van der Waals surface area contributed by atoms with Crippen molar-refractivity contribution in [3.05, 3.63) is 0 Å². The number of amides is 1. The number of carbonyl (C=O) groups excluding carboxylic acids is 1. The maximum Gasteiger partial charge on any atom is 0.423 e. The average molecular weight is 425 g/mol. The molecule has 6 nitrogen and oxygen atoms in total. The molecule has 0 aromatic carbocycles. The molecule has 0 aromatic rings. The second-order valence-electron chi connectivity index (χ2n) is 6.86. The fourth-order valence-electron chi connectivity index (χ4n) is 2.45. The van der Waals surface area contributed by atoms with Crippen molar-refractivity contribution in [1.82, 2.24) is 10.6 Å². The highest BCUT2D eigenvalue weighted by molar-refractivity contribution is 5.73. The van der Waals surface area contributed by atoms with Gasteiger partial charge in [-0.3, -0.25) is 4.79 Å². The first-order valence-corrected chi connectivity index (χ1v) is 8.83. The molecule has 0 spiro atoms. The zero-order valence-corrected chi connectivity index (χ0v) is 16.0. The van der Waals surface area contributed by atoms with Crippen LogP contribution in [0.25, 0.3) is 0 Å². The van der Waals surface area contributed by atoms with E-state index in [1.165, 1.54) is 6.92 Å². The quantitative estimate of drug-likeness (QED) is 0.357. The van der Waals surface area contributed by atoms with Gasteiger partial charge in [0.15, 0.2) is 0 Å². The first kappa shape index (κ1) is 26.9. The van der Waals surface area contributed by atoms with Crippen LogP contribution >= 0.6 is 0 Å². The van der Waals surface area contributed by atoms with E-state index >= 15 is 0 Å². The predicted molar refractivity (Wildman–Crippen MR) is 90.4 cm³/mol. The zero-order valence-electron chi connectivity index (χ0n) is 16.0. The number of nitrogens with one attached hydrogen (secondary N) is 2. The van der Waals surface area contributed by atoms with E-state index in [0.717, 1.165) is 0 Å². The van der Waals surface area contributed by atoms with Crippen LogP contribution in [-0.2, 0) is 9.53 Å². The first-order chi connectivity index (χ1) is 12.7. The number of rotatable bonds is 12. The molecular formula is C16H29F6N3O3. The minimum atomic E-state index is -5.65. The van der Waals surface area contributed by atoms with Crippen LogP contribution in [0.3, 0.4) is 0 Å². The minimum Gasteiger partial charge on any atom is -0.389 e. The number of nitrogens with two attached hydrogens (primary N) is 1. The summed E-state index contributed by atoms with van der Waals surface area (Å²) >= 11 is 0. The number of carbonyl (C=O) groups is 1. The van der Waals surface area contributed by atoms with E-state index < -0.39 is 37.2 Å². The van der Waals surface area contributed by atoms with Gasteiger partial charge in [0, 0.05) is 25.6 Å². The number of halogens is 6. The fourth-order valence-corrected chi connectivity index (χ4v) is 2.45. The maximum absolute atomic E-state index is 12.5. The van der Waals surface area contributed by atoms with Crippen LogP contribution in [-0.4, -0.2) is 67.4 Å². The number of alkyl halides is 6. The van der Waals surface area contributed by atoms with E-state index in [0.29, 0.717) is 6.42 Å². The molecular weight excluding hydrogens is 396 g/mol. The first-order valence-electron chi connectivity index (χ1n) is 8.83. The third kappa shape index (κ3) is 10.4. The highest BCUT2D eigenvalue weighted by atomic mass is 19.4. The molecule has 1 amide bonds. The molecule has 0 aliphatic heterocycles. The van der Waals surface area contributed by atoms with Crippen molar-refractivity contribution in [1.29, 1.82) is 0 Å². The smallest absolute Gasteiger partial charge is 0.389 e. The average Bonchev–Trinajstić information content (AvgIpc) is 2.50. The fraction of sp³-hybridized carbons (Fsp3) is 0.938. The summed E-state index contributed by atoms with van der Waals surface area (Å²) < 4.78 is 79.2. The summed E-state index contributed by atoms with van der Waals surface area (Å²) in [6, 6.07) is -1.20. The highest BCUT2D eigenvalue weighted by Crippen LogP contribution is 2.35. The molecule has 0 saturated carbocycles. The molecule has 0 radical (unpaired) electrons. The van der Waals surface area contributed by atoms with Crippen molar-refractivity contribution in [2.24, 2.45) is 11.7 Å². The summed E-state index contributed by atoms with van der Waals surface area (Å²) in [6.07, 6.45) is -16.3. The molecule has 5 N–H and O–H groups in total. The maximum atomic E-state index is 12.5. The van der Waals surface area contributed by atoms with Crippen LogP contribution in [0, 0.1) is 5.92 Å². The Balaban J connectivity index is 5.00. The number of hydrogen-bond acceptors (Lipinski definition) is 5. The molecule has 1 unspecified atom stereocenters. The van der Waals surface area contributed by atoms with Crippen LogP contribution in [0.5, 0.6) is 0 Å². The van der Waals surface area contributed by atoms with Gasteiger partial charge in [0.2, 0.25) is 12.0 Å². The lowest BCUT2D eigenvalue weighted by Crippen LogP contribution is -2.52. The largest absolute Gasteiger partial charge is 0.423 e. The molecule has 0 heterocycles. The van der Waals surface area contributed by atoms with E-state index in [-0.39, 0.29) is 37.4 Å². The molecule has 12 heteroatoms. The Morgan fingerprint density at radius 1 is 1.11 bits per heavy atom. The van der Waals surface area contributed by atoms with Gasteiger partial charge < -0.3 is 26.2 Å². The molecule has 0 bridgehead atoms. The summed E-state index contributed by atoms with van der Waals surface area (Å²) in [4.78, 5) is 11.2. The van der Waals surface area contributed by atoms with E-state index in [1.54, 1.807) is 0 Å². The zero-order chi connectivity index (χ0) is 22.1. The number of ether oxygens (including phenoxy) is 1. The molecule has 0 aromatic heterocycles. The normalized spacial score (nSPS) is 16.3. The van der Waals surface area contributed by atoms with E-state index in [2.05, 4.69) is 15.4 Å². The van der Waals surface area contributed by atoms with E-state index in [4.69, 9.17) is 5.73 Å². The third-order valence-electron chi connectivity index (χ3n) is 4.01. The van der Waals surface area contributed by atoms with Crippen molar-refractivity contribution in [2.75, 3.05) is 19.7 Å². The summed E-state index contributed by atoms with van der Waals surface area (Å²) in [7, 11) is 0. The number of hydrogen-bond donors (Lipinski definition) is 4. The SMILES string of the molecule is CC(=O)N[C@H](CN[C@@H](CCCN)C(O)COC(C(F)(F)F)C(F)(F)F)C(C)C. The molecule has 0 saturated heterocycles. The molecule has 168 valence electrons. The molecule has 0 rings (SSSR count). The second kappa shape index (κ2) is 11.8. The van der Waals surface area contributed by atoms with Gasteiger partial charge in [0.05, 0.1) is 12.7 Å².